The second kappa shape index (κ2) is 9.31. The van der Waals surface area contributed by atoms with Crippen LogP contribution in [0.3, 0.4) is 0 Å². The smallest absolute Gasteiger partial charge is 0.244 e. The lowest BCUT2D eigenvalue weighted by Gasteiger charge is -2.30. The number of amides is 1. The molecule has 0 fully saturated rings. The summed E-state index contributed by atoms with van der Waals surface area (Å²) >= 11 is 0. The highest BCUT2D eigenvalue weighted by Gasteiger charge is 2.30. The summed E-state index contributed by atoms with van der Waals surface area (Å²) in [6.45, 7) is 7.62. The van der Waals surface area contributed by atoms with E-state index in [1.54, 1.807) is 31.2 Å². The molecule has 158 valence electrons. The van der Waals surface area contributed by atoms with Gasteiger partial charge < -0.3 is 10.1 Å². The van der Waals surface area contributed by atoms with Crippen molar-refractivity contribution in [3.63, 3.8) is 0 Å². The van der Waals surface area contributed by atoms with Gasteiger partial charge >= 0.3 is 0 Å². The van der Waals surface area contributed by atoms with Crippen LogP contribution in [-0.2, 0) is 14.8 Å². The molecule has 0 aliphatic carbocycles. The van der Waals surface area contributed by atoms with Crippen molar-refractivity contribution < 1.29 is 17.9 Å². The Bertz CT molecular complexity index is 973. The summed E-state index contributed by atoms with van der Waals surface area (Å²) < 4.78 is 31.3. The second-order valence-electron chi connectivity index (χ2n) is 7.27. The van der Waals surface area contributed by atoms with Gasteiger partial charge in [-0.25, -0.2) is 8.42 Å². The number of nitrogens with one attached hydrogen (secondary N) is 1. The molecule has 6 nitrogen and oxygen atoms in total. The number of carbonyl (C=O) groups excluding carboxylic acids is 1. The predicted molar refractivity (Wildman–Crippen MR) is 117 cm³/mol. The Morgan fingerprint density at radius 3 is 2.41 bits per heavy atom. The van der Waals surface area contributed by atoms with E-state index in [4.69, 9.17) is 4.74 Å². The molecule has 0 aliphatic rings. The molecule has 1 amide bonds. The van der Waals surface area contributed by atoms with Crippen molar-refractivity contribution in [3.05, 3.63) is 59.2 Å². The minimum Gasteiger partial charge on any atom is -0.497 e. The average Bonchev–Trinajstić information content (AvgIpc) is 2.65. The van der Waals surface area contributed by atoms with Crippen molar-refractivity contribution >= 4 is 21.6 Å². The van der Waals surface area contributed by atoms with E-state index >= 15 is 0 Å². The number of hydrogen-bond acceptors (Lipinski definition) is 4. The molecule has 2 aromatic carbocycles. The fraction of sp³-hybridized carbons (Fsp3) is 0.409. The van der Waals surface area contributed by atoms with Crippen LogP contribution in [0.1, 0.15) is 43.0 Å². The van der Waals surface area contributed by atoms with Crippen molar-refractivity contribution in [2.75, 3.05) is 17.7 Å². The maximum atomic E-state index is 13.0. The van der Waals surface area contributed by atoms with E-state index in [9.17, 15) is 13.2 Å². The van der Waals surface area contributed by atoms with Crippen molar-refractivity contribution in [2.24, 2.45) is 0 Å². The predicted octanol–water partition coefficient (Wildman–Crippen LogP) is 3.73. The number of anilines is 1. The van der Waals surface area contributed by atoms with Gasteiger partial charge in [-0.05, 0) is 50.5 Å². The lowest BCUT2D eigenvalue weighted by atomic mass is 9.97. The Morgan fingerprint density at radius 2 is 1.86 bits per heavy atom. The third kappa shape index (κ3) is 5.50. The molecule has 0 saturated carbocycles. The SMILES string of the molecule is CC[C@H](NC(=O)[C@@H](C)N(c1cccc(OC)c1)S(C)(=O)=O)c1ccc(C)cc1C. The molecule has 0 unspecified atom stereocenters. The molecule has 0 saturated heterocycles. The lowest BCUT2D eigenvalue weighted by molar-refractivity contribution is -0.122. The molecule has 1 N–H and O–H groups in total. The summed E-state index contributed by atoms with van der Waals surface area (Å²) in [7, 11) is -2.18. The van der Waals surface area contributed by atoms with Crippen LogP contribution >= 0.6 is 0 Å². The number of rotatable bonds is 8. The first kappa shape index (κ1) is 22.7. The second-order valence-corrected chi connectivity index (χ2v) is 9.13. The largest absolute Gasteiger partial charge is 0.497 e. The fourth-order valence-corrected chi connectivity index (χ4v) is 4.63. The molecule has 29 heavy (non-hydrogen) atoms. The first-order valence-corrected chi connectivity index (χ1v) is 11.4. The highest BCUT2D eigenvalue weighted by molar-refractivity contribution is 7.92. The van der Waals surface area contributed by atoms with Crippen molar-refractivity contribution in [2.45, 2.75) is 46.2 Å². The zero-order valence-corrected chi connectivity index (χ0v) is 18.7. The van der Waals surface area contributed by atoms with E-state index < -0.39 is 16.1 Å². The first-order valence-electron chi connectivity index (χ1n) is 9.59. The Kier molecular flexibility index (Phi) is 7.30. The third-order valence-corrected chi connectivity index (χ3v) is 6.16. The number of benzene rings is 2. The maximum absolute atomic E-state index is 13.0. The van der Waals surface area contributed by atoms with Crippen LogP contribution < -0.4 is 14.4 Å². The Morgan fingerprint density at radius 1 is 1.17 bits per heavy atom. The Balaban J connectivity index is 2.32. The fourth-order valence-electron chi connectivity index (χ4n) is 3.47. The van der Waals surface area contributed by atoms with Gasteiger partial charge in [-0.15, -0.1) is 0 Å². The van der Waals surface area contributed by atoms with Gasteiger partial charge in [0.2, 0.25) is 15.9 Å². The number of aryl methyl sites for hydroxylation is 2. The summed E-state index contributed by atoms with van der Waals surface area (Å²) in [4.78, 5) is 13.0. The van der Waals surface area contributed by atoms with Crippen LogP contribution in [0.2, 0.25) is 0 Å². The minimum atomic E-state index is -3.69. The highest BCUT2D eigenvalue weighted by atomic mass is 32.2. The van der Waals surface area contributed by atoms with E-state index in [1.165, 1.54) is 7.11 Å². The number of sulfonamides is 1. The van der Waals surface area contributed by atoms with E-state index in [-0.39, 0.29) is 11.9 Å². The lowest BCUT2D eigenvalue weighted by Crippen LogP contribution is -2.48. The topological polar surface area (TPSA) is 75.7 Å². The molecular formula is C22H30N2O4S. The van der Waals surface area contributed by atoms with Gasteiger partial charge in [0, 0.05) is 6.07 Å². The monoisotopic (exact) mass is 418 g/mol. The van der Waals surface area contributed by atoms with Crippen LogP contribution in [0, 0.1) is 13.8 Å². The molecule has 2 atom stereocenters. The first-order chi connectivity index (χ1) is 13.6. The molecule has 2 rings (SSSR count). The summed E-state index contributed by atoms with van der Waals surface area (Å²) in [6.07, 6.45) is 1.79. The standard InChI is InChI=1S/C22H30N2O4S/c1-7-21(20-12-11-15(2)13-16(20)3)23-22(25)17(4)24(29(6,26)27)18-9-8-10-19(14-18)28-5/h8-14,17,21H,7H2,1-6H3,(H,23,25)/t17-,21+/m1/s1. The molecule has 0 heterocycles. The Labute approximate surface area is 173 Å². The summed E-state index contributed by atoms with van der Waals surface area (Å²) in [5, 5.41) is 3.02. The van der Waals surface area contributed by atoms with Crippen LogP contribution in [0.25, 0.3) is 0 Å². The molecule has 0 radical (unpaired) electrons. The van der Waals surface area contributed by atoms with Crippen molar-refractivity contribution in [1.82, 2.24) is 5.32 Å². The number of nitrogens with zero attached hydrogens (tertiary/aromatic N) is 1. The van der Waals surface area contributed by atoms with Crippen LogP contribution in [-0.4, -0.2) is 33.7 Å². The summed E-state index contributed by atoms with van der Waals surface area (Å²) in [6, 6.07) is 11.7. The van der Waals surface area contributed by atoms with Crippen LogP contribution in [0.5, 0.6) is 5.75 Å². The van der Waals surface area contributed by atoms with Crippen molar-refractivity contribution in [1.29, 1.82) is 0 Å². The van der Waals surface area contributed by atoms with Gasteiger partial charge in [-0.1, -0.05) is 36.8 Å². The van der Waals surface area contributed by atoms with Gasteiger partial charge in [0.05, 0.1) is 25.1 Å². The molecule has 0 aliphatic heterocycles. The number of hydrogen-bond donors (Lipinski definition) is 1. The normalized spacial score (nSPS) is 13.4. The molecule has 0 bridgehead atoms. The zero-order valence-electron chi connectivity index (χ0n) is 17.9. The van der Waals surface area contributed by atoms with Gasteiger partial charge in [0.25, 0.3) is 0 Å². The van der Waals surface area contributed by atoms with E-state index in [0.29, 0.717) is 17.9 Å². The molecule has 0 spiro atoms. The molecular weight excluding hydrogens is 388 g/mol. The Hall–Kier alpha value is -2.54. The van der Waals surface area contributed by atoms with E-state index in [0.717, 1.165) is 27.3 Å². The highest BCUT2D eigenvalue weighted by Crippen LogP contribution is 2.26. The van der Waals surface area contributed by atoms with Gasteiger partial charge in [0.15, 0.2) is 0 Å². The van der Waals surface area contributed by atoms with Gasteiger partial charge in [0.1, 0.15) is 11.8 Å². The third-order valence-electron chi connectivity index (χ3n) is 4.92. The minimum absolute atomic E-state index is 0.197. The maximum Gasteiger partial charge on any atom is 0.244 e. The van der Waals surface area contributed by atoms with Gasteiger partial charge in [-0.3, -0.25) is 9.10 Å². The van der Waals surface area contributed by atoms with E-state index in [2.05, 4.69) is 11.4 Å². The van der Waals surface area contributed by atoms with Crippen LogP contribution in [0.15, 0.2) is 42.5 Å². The molecule has 0 aromatic heterocycles. The van der Waals surface area contributed by atoms with Crippen molar-refractivity contribution in [3.8, 4) is 5.75 Å². The summed E-state index contributed by atoms with van der Waals surface area (Å²) in [5.41, 5.74) is 3.67. The summed E-state index contributed by atoms with van der Waals surface area (Å²) in [5.74, 6) is 0.163. The van der Waals surface area contributed by atoms with Crippen LogP contribution in [0.4, 0.5) is 5.69 Å². The number of ether oxygens (including phenoxy) is 1. The van der Waals surface area contributed by atoms with Gasteiger partial charge in [-0.2, -0.15) is 0 Å². The molecule has 7 heteroatoms. The number of methoxy groups -OCH3 is 1. The quantitative estimate of drug-likeness (QED) is 0.709. The van der Waals surface area contributed by atoms with E-state index in [1.807, 2.05) is 32.9 Å². The average molecular weight is 419 g/mol. The molecule has 2 aromatic rings. The number of carbonyl (C=O) groups is 1. The zero-order chi connectivity index (χ0) is 21.8.